The normalized spacial score (nSPS) is 16.1. The summed E-state index contributed by atoms with van der Waals surface area (Å²) < 4.78 is 5.07. The van der Waals surface area contributed by atoms with Gasteiger partial charge in [-0.05, 0) is 36.3 Å². The molecule has 0 bridgehead atoms. The first-order valence-electron chi connectivity index (χ1n) is 17.6. The number of aliphatic hydroxyl groups is 1. The van der Waals surface area contributed by atoms with Gasteiger partial charge < -0.3 is 46.9 Å². The summed E-state index contributed by atoms with van der Waals surface area (Å²) in [5.74, 6) is -5.13. The van der Waals surface area contributed by atoms with E-state index in [0.717, 1.165) is 0 Å². The number of nitrogens with zero attached hydrogens (tertiary/aromatic N) is 1. The number of alkyl carbamates (subject to hydrolysis) is 1. The molecule has 2 aromatic carbocycles. The number of likely N-dealkylation sites (tertiary alicyclic amines) is 1. The number of aliphatic carboxylic acids is 1. The largest absolute Gasteiger partial charge is 0.481 e. The van der Waals surface area contributed by atoms with Gasteiger partial charge in [-0.25, -0.2) is 4.79 Å². The van der Waals surface area contributed by atoms with Crippen molar-refractivity contribution >= 4 is 41.6 Å². The van der Waals surface area contributed by atoms with Crippen molar-refractivity contribution in [1.29, 1.82) is 0 Å². The lowest BCUT2D eigenvalue weighted by Crippen LogP contribution is -2.59. The number of benzene rings is 2. The summed E-state index contributed by atoms with van der Waals surface area (Å²) in [6, 6.07) is 11.5. The van der Waals surface area contributed by atoms with Gasteiger partial charge in [0.25, 0.3) is 0 Å². The van der Waals surface area contributed by atoms with E-state index < -0.39 is 78.2 Å². The highest BCUT2D eigenvalue weighted by Crippen LogP contribution is 2.21. The van der Waals surface area contributed by atoms with Crippen LogP contribution in [0.4, 0.5) is 4.79 Å². The predicted octanol–water partition coefficient (Wildman–Crippen LogP) is 0.401. The molecule has 53 heavy (non-hydrogen) atoms. The Labute approximate surface area is 308 Å². The average Bonchev–Trinajstić information content (AvgIpc) is 3.61. The molecule has 16 nitrogen and oxygen atoms in total. The minimum Gasteiger partial charge on any atom is -0.481 e. The summed E-state index contributed by atoms with van der Waals surface area (Å²) in [4.78, 5) is 92.4. The van der Waals surface area contributed by atoms with Crippen LogP contribution in [0.15, 0.2) is 60.7 Å². The maximum atomic E-state index is 14.0. The molecule has 1 saturated heterocycles. The van der Waals surface area contributed by atoms with Gasteiger partial charge in [-0.15, -0.1) is 0 Å². The summed E-state index contributed by atoms with van der Waals surface area (Å²) in [6.07, 6.45) is -0.329. The van der Waals surface area contributed by atoms with Crippen LogP contribution >= 0.6 is 0 Å². The first kappa shape index (κ1) is 41.9. The second-order valence-corrected chi connectivity index (χ2v) is 13.3. The Balaban J connectivity index is 1.85. The van der Waals surface area contributed by atoms with Gasteiger partial charge in [-0.2, -0.15) is 0 Å². The van der Waals surface area contributed by atoms with Crippen molar-refractivity contribution in [2.45, 2.75) is 89.0 Å². The topological polar surface area (TPSA) is 247 Å². The van der Waals surface area contributed by atoms with Gasteiger partial charge in [0.05, 0.1) is 13.0 Å². The highest BCUT2D eigenvalue weighted by atomic mass is 16.5. The van der Waals surface area contributed by atoms with Crippen molar-refractivity contribution in [2.24, 2.45) is 11.7 Å². The van der Waals surface area contributed by atoms with E-state index in [1.807, 2.05) is 13.8 Å². The molecule has 0 aliphatic carbocycles. The zero-order chi connectivity index (χ0) is 38.9. The third-order valence-corrected chi connectivity index (χ3v) is 8.54. The SMILES string of the molecule is CC(C)C[C@H](NC(=O)OCCCO)C(=O)N1CCC[C@H]1C(=O)N[C@@H](Cc1ccccc1)C(=O)N[C@@H](Cc1ccccc1)C(=O)N[C@@H](CC(=O)O)C(N)=O. The Morgan fingerprint density at radius 2 is 1.36 bits per heavy atom. The van der Waals surface area contributed by atoms with E-state index in [-0.39, 0.29) is 51.4 Å². The minimum absolute atomic E-state index is 0.000989. The Kier molecular flexibility index (Phi) is 16.7. The number of primary amides is 1. The molecular formula is C37H50N6O10. The molecule has 3 rings (SSSR count). The van der Waals surface area contributed by atoms with Crippen molar-refractivity contribution in [3.63, 3.8) is 0 Å². The van der Waals surface area contributed by atoms with Crippen molar-refractivity contribution in [3.05, 3.63) is 71.8 Å². The highest BCUT2D eigenvalue weighted by Gasteiger charge is 2.39. The average molecular weight is 739 g/mol. The quantitative estimate of drug-likeness (QED) is 0.0922. The summed E-state index contributed by atoms with van der Waals surface area (Å²) >= 11 is 0. The zero-order valence-electron chi connectivity index (χ0n) is 30.0. The standard InChI is InChI=1S/C37H50N6O10/c1-23(2)19-29(42-37(52)53-18-10-17-44)36(51)43-16-9-15-30(43)35(50)41-28(21-25-13-7-4-8-14-25)34(49)40-27(20-24-11-5-3-6-12-24)33(48)39-26(32(38)47)22-31(45)46/h3-8,11-14,23,26-30,44H,9-10,15-22H2,1-2H3,(H2,38,47)(H,39,48)(H,40,49)(H,41,50)(H,42,52)(H,45,46)/t26-,27-,28-,29-,30-/m0/s1. The van der Waals surface area contributed by atoms with Crippen LogP contribution < -0.4 is 27.0 Å². The van der Waals surface area contributed by atoms with Crippen LogP contribution in [0, 0.1) is 5.92 Å². The number of nitrogens with two attached hydrogens (primary N) is 1. The van der Waals surface area contributed by atoms with Crippen molar-refractivity contribution in [3.8, 4) is 0 Å². The molecule has 8 N–H and O–H groups in total. The molecule has 288 valence electrons. The van der Waals surface area contributed by atoms with Crippen LogP contribution in [0.1, 0.15) is 57.1 Å². The number of amides is 6. The number of nitrogens with one attached hydrogen (secondary N) is 4. The fourth-order valence-corrected chi connectivity index (χ4v) is 5.94. The first-order valence-corrected chi connectivity index (χ1v) is 17.6. The lowest BCUT2D eigenvalue weighted by Gasteiger charge is -2.30. The molecule has 6 amide bonds. The number of carboxylic acids is 1. The smallest absolute Gasteiger partial charge is 0.407 e. The van der Waals surface area contributed by atoms with E-state index in [1.165, 1.54) is 4.90 Å². The van der Waals surface area contributed by atoms with Gasteiger partial charge in [-0.1, -0.05) is 74.5 Å². The van der Waals surface area contributed by atoms with E-state index in [2.05, 4.69) is 21.3 Å². The number of carbonyl (C=O) groups is 7. The number of carboxylic acid groups (broad SMARTS) is 1. The van der Waals surface area contributed by atoms with Gasteiger partial charge >= 0.3 is 12.1 Å². The molecular weight excluding hydrogens is 688 g/mol. The molecule has 0 radical (unpaired) electrons. The summed E-state index contributed by atoms with van der Waals surface area (Å²) in [5.41, 5.74) is 6.68. The van der Waals surface area contributed by atoms with E-state index in [0.29, 0.717) is 24.0 Å². The Hall–Kier alpha value is -5.51. The number of hydrogen-bond acceptors (Lipinski definition) is 9. The molecule has 0 aromatic heterocycles. The Bertz CT molecular complexity index is 1560. The van der Waals surface area contributed by atoms with Gasteiger partial charge in [-0.3, -0.25) is 28.8 Å². The summed E-state index contributed by atoms with van der Waals surface area (Å²) in [5, 5.41) is 28.6. The number of aliphatic hydroxyl groups excluding tert-OH is 1. The molecule has 1 aliphatic heterocycles. The van der Waals surface area contributed by atoms with Crippen LogP contribution in [0.2, 0.25) is 0 Å². The molecule has 0 spiro atoms. The maximum absolute atomic E-state index is 14.0. The van der Waals surface area contributed by atoms with Crippen LogP contribution in [-0.4, -0.2) is 107 Å². The Morgan fingerprint density at radius 3 is 1.87 bits per heavy atom. The summed E-state index contributed by atoms with van der Waals surface area (Å²) in [6.45, 7) is 3.79. The molecule has 1 heterocycles. The molecule has 0 unspecified atom stereocenters. The lowest BCUT2D eigenvalue weighted by molar-refractivity contribution is -0.141. The van der Waals surface area contributed by atoms with Gasteiger partial charge in [0.1, 0.15) is 30.2 Å². The van der Waals surface area contributed by atoms with Crippen LogP contribution in [0.5, 0.6) is 0 Å². The first-order chi connectivity index (χ1) is 25.3. The fraction of sp³-hybridized carbons (Fsp3) is 0.486. The third-order valence-electron chi connectivity index (χ3n) is 8.54. The number of hydrogen-bond donors (Lipinski definition) is 7. The number of carbonyl (C=O) groups excluding carboxylic acids is 6. The third kappa shape index (κ3) is 13.9. The molecule has 0 saturated carbocycles. The molecule has 1 aliphatic rings. The molecule has 1 fully saturated rings. The van der Waals surface area contributed by atoms with Gasteiger partial charge in [0.15, 0.2) is 0 Å². The molecule has 5 atom stereocenters. The van der Waals surface area contributed by atoms with Gasteiger partial charge in [0, 0.05) is 32.4 Å². The highest BCUT2D eigenvalue weighted by molar-refractivity contribution is 5.97. The predicted molar refractivity (Wildman–Crippen MR) is 192 cm³/mol. The van der Waals surface area contributed by atoms with E-state index in [4.69, 9.17) is 15.6 Å². The van der Waals surface area contributed by atoms with E-state index in [9.17, 15) is 38.7 Å². The second-order valence-electron chi connectivity index (χ2n) is 13.3. The fourth-order valence-electron chi connectivity index (χ4n) is 5.94. The number of ether oxygens (including phenoxy) is 1. The molecule has 16 heteroatoms. The van der Waals surface area contributed by atoms with E-state index >= 15 is 0 Å². The maximum Gasteiger partial charge on any atom is 0.407 e. The van der Waals surface area contributed by atoms with Crippen molar-refractivity contribution < 1.29 is 48.5 Å². The van der Waals surface area contributed by atoms with Gasteiger partial charge in [0.2, 0.25) is 29.5 Å². The Morgan fingerprint density at radius 1 is 0.811 bits per heavy atom. The molecule has 2 aromatic rings. The van der Waals surface area contributed by atoms with Crippen LogP contribution in [0.3, 0.4) is 0 Å². The van der Waals surface area contributed by atoms with Crippen LogP contribution in [0.25, 0.3) is 0 Å². The number of rotatable bonds is 20. The monoisotopic (exact) mass is 738 g/mol. The lowest BCUT2D eigenvalue weighted by atomic mass is 10.0. The van der Waals surface area contributed by atoms with E-state index in [1.54, 1.807) is 60.7 Å². The van der Waals surface area contributed by atoms with Crippen molar-refractivity contribution in [1.82, 2.24) is 26.2 Å². The van der Waals surface area contributed by atoms with Crippen molar-refractivity contribution in [2.75, 3.05) is 19.8 Å². The summed E-state index contributed by atoms with van der Waals surface area (Å²) in [7, 11) is 0. The van der Waals surface area contributed by atoms with Crippen LogP contribution in [-0.2, 0) is 46.3 Å². The zero-order valence-corrected chi connectivity index (χ0v) is 30.0. The second kappa shape index (κ2) is 21.1. The minimum atomic E-state index is -1.54.